The predicted octanol–water partition coefficient (Wildman–Crippen LogP) is -5.89. The monoisotopic (exact) mass is 491 g/mol. The molecular weight excluding hydrogens is 456 g/mol. The van der Waals surface area contributed by atoms with E-state index in [-0.39, 0.29) is 76.5 Å². The zero-order chi connectivity index (χ0) is 26.3. The van der Waals surface area contributed by atoms with Crippen LogP contribution in [0.2, 0.25) is 0 Å². The molecule has 11 N–H and O–H groups in total. The topological polar surface area (TPSA) is 265 Å². The Morgan fingerprint density at radius 1 is 0.647 bits per heavy atom. The first-order valence-electron chi connectivity index (χ1n) is 10.3. The van der Waals surface area contributed by atoms with Crippen LogP contribution in [0.25, 0.3) is 0 Å². The molecule has 0 rings (SSSR count). The number of hydrogen-bond donors (Lipinski definition) is 7. The van der Waals surface area contributed by atoms with Gasteiger partial charge in [0.25, 0.3) is 11.8 Å². The zero-order valence-electron chi connectivity index (χ0n) is 19.0. The first kappa shape index (κ1) is 30.7. The van der Waals surface area contributed by atoms with Gasteiger partial charge in [-0.25, -0.2) is 0 Å². The number of carbonyl (C=O) groups excluding carboxylic acids is 4. The average Bonchev–Trinajstić information content (AvgIpc) is 2.64. The van der Waals surface area contributed by atoms with Crippen molar-refractivity contribution in [1.82, 2.24) is 15.1 Å². The van der Waals surface area contributed by atoms with E-state index in [1.165, 1.54) is 9.80 Å². The summed E-state index contributed by atoms with van der Waals surface area (Å²) in [6, 6.07) is 0. The molecule has 16 nitrogen and oxygen atoms in total. The summed E-state index contributed by atoms with van der Waals surface area (Å²) in [6.45, 7) is -1.26. The van der Waals surface area contributed by atoms with Gasteiger partial charge in [0.1, 0.15) is 0 Å². The van der Waals surface area contributed by atoms with E-state index in [0.29, 0.717) is 0 Å². The van der Waals surface area contributed by atoms with Crippen molar-refractivity contribution in [2.24, 2.45) is 22.9 Å². The first-order valence-corrected chi connectivity index (χ1v) is 10.3. The molecule has 0 heterocycles. The third-order valence-electron chi connectivity index (χ3n) is 4.76. The molecule has 0 unspecified atom stereocenters. The third kappa shape index (κ3) is 15.5. The van der Waals surface area contributed by atoms with Gasteiger partial charge in [-0.1, -0.05) is 0 Å². The fraction of sp³-hybridized carbons (Fsp3) is 0.667. The number of primary amides is 4. The van der Waals surface area contributed by atoms with Crippen molar-refractivity contribution in [1.29, 1.82) is 0 Å². The number of hydrogen-bond acceptors (Lipinski definition) is 9. The molecule has 34 heavy (non-hydrogen) atoms. The Hall–Kier alpha value is -3.34. The van der Waals surface area contributed by atoms with Crippen LogP contribution in [0.4, 0.5) is 0 Å². The Labute approximate surface area is 196 Å². The highest BCUT2D eigenvalue weighted by Gasteiger charge is 2.32. The molecule has 0 saturated heterocycles. The highest BCUT2D eigenvalue weighted by molar-refractivity contribution is 5.79. The quantitative estimate of drug-likeness (QED) is 0.0586. The molecule has 0 aromatic heterocycles. The van der Waals surface area contributed by atoms with Gasteiger partial charge in [0, 0.05) is 26.2 Å². The van der Waals surface area contributed by atoms with E-state index < -0.39 is 42.1 Å². The summed E-state index contributed by atoms with van der Waals surface area (Å²) in [6.07, 6.45) is 0. The Kier molecular flexibility index (Phi) is 14.0. The second kappa shape index (κ2) is 15.5. The fourth-order valence-electron chi connectivity index (χ4n) is 3.41. The number of carbonyl (C=O) groups is 6. The summed E-state index contributed by atoms with van der Waals surface area (Å²) in [5.41, 5.74) is 21.1. The van der Waals surface area contributed by atoms with Crippen LogP contribution in [-0.4, -0.2) is 139 Å². The van der Waals surface area contributed by atoms with Gasteiger partial charge in [-0.2, -0.15) is 0 Å². The molecule has 4 amide bonds. The summed E-state index contributed by atoms with van der Waals surface area (Å²) < 4.78 is -0.223. The van der Waals surface area contributed by atoms with Gasteiger partial charge in [-0.3, -0.25) is 38.6 Å². The lowest BCUT2D eigenvalue weighted by Gasteiger charge is -2.38. The van der Waals surface area contributed by atoms with Crippen molar-refractivity contribution in [3.63, 3.8) is 0 Å². The smallest absolute Gasteiger partial charge is 0.317 e. The number of carboxylic acid groups (broad SMARTS) is 2. The van der Waals surface area contributed by atoms with Crippen LogP contribution in [0, 0.1) is 0 Å². The van der Waals surface area contributed by atoms with Gasteiger partial charge in [-0.05, 0) is 0 Å². The van der Waals surface area contributed by atoms with E-state index in [2.05, 4.69) is 5.32 Å². The molecule has 0 radical (unpaired) electrons. The molecule has 0 fully saturated rings. The predicted molar refractivity (Wildman–Crippen MR) is 118 cm³/mol. The highest BCUT2D eigenvalue weighted by Crippen LogP contribution is 2.08. The number of carboxylic acids is 2. The van der Waals surface area contributed by atoms with E-state index in [9.17, 15) is 33.9 Å². The maximum Gasteiger partial charge on any atom is 0.317 e. The molecule has 0 saturated carbocycles. The minimum atomic E-state index is -1.15. The lowest BCUT2D eigenvalue weighted by Crippen LogP contribution is -2.61. The van der Waals surface area contributed by atoms with Crippen LogP contribution in [-0.2, 0) is 28.8 Å². The number of amides is 4. The van der Waals surface area contributed by atoms with Gasteiger partial charge in [-0.15, -0.1) is 0 Å². The molecule has 0 bridgehead atoms. The molecule has 194 valence electrons. The second-order valence-corrected chi connectivity index (χ2v) is 7.92. The van der Waals surface area contributed by atoms with E-state index in [1.807, 2.05) is 0 Å². The van der Waals surface area contributed by atoms with Crippen LogP contribution < -0.4 is 28.3 Å². The minimum Gasteiger partial charge on any atom is -0.480 e. The lowest BCUT2D eigenvalue weighted by atomic mass is 10.2. The largest absolute Gasteiger partial charge is 0.480 e. The molecular formula is C18H35N8O8+. The third-order valence-corrected chi connectivity index (χ3v) is 4.76. The maximum atomic E-state index is 11.7. The highest BCUT2D eigenvalue weighted by atomic mass is 16.4. The number of nitrogens with zero attached hydrogens (tertiary/aromatic N) is 3. The van der Waals surface area contributed by atoms with Crippen molar-refractivity contribution in [2.75, 3.05) is 78.5 Å². The molecule has 16 heteroatoms. The molecule has 0 aromatic carbocycles. The number of aliphatic carboxylic acids is 2. The van der Waals surface area contributed by atoms with Crippen molar-refractivity contribution in [3.05, 3.63) is 0 Å². The summed E-state index contributed by atoms with van der Waals surface area (Å²) in [5.74, 6) is -5.08. The number of quaternary nitrogens is 1. The Morgan fingerprint density at radius 2 is 1.15 bits per heavy atom. The maximum absolute atomic E-state index is 11.7. The van der Waals surface area contributed by atoms with Crippen molar-refractivity contribution < 1.29 is 43.5 Å². The second-order valence-electron chi connectivity index (χ2n) is 7.92. The molecule has 0 aliphatic heterocycles. The van der Waals surface area contributed by atoms with Gasteiger partial charge < -0.3 is 42.9 Å². The van der Waals surface area contributed by atoms with Crippen LogP contribution >= 0.6 is 0 Å². The fourth-order valence-corrected chi connectivity index (χ4v) is 3.41. The average molecular weight is 492 g/mol. The normalized spacial score (nSPS) is 11.5. The Balaban J connectivity index is 5.48. The summed E-state index contributed by atoms with van der Waals surface area (Å²) >= 11 is 0. The van der Waals surface area contributed by atoms with Crippen molar-refractivity contribution in [3.8, 4) is 0 Å². The Bertz CT molecular complexity index is 715. The number of nitrogens with one attached hydrogen (secondary N) is 1. The van der Waals surface area contributed by atoms with Crippen LogP contribution in [0.3, 0.4) is 0 Å². The Morgan fingerprint density at radius 3 is 1.56 bits per heavy atom. The minimum absolute atomic E-state index is 0.0762. The molecule has 0 aliphatic carbocycles. The van der Waals surface area contributed by atoms with Gasteiger partial charge >= 0.3 is 11.9 Å². The number of rotatable bonds is 21. The zero-order valence-corrected chi connectivity index (χ0v) is 19.0. The lowest BCUT2D eigenvalue weighted by molar-refractivity contribution is -0.911. The molecule has 0 aromatic rings. The van der Waals surface area contributed by atoms with Gasteiger partial charge in [0.2, 0.25) is 11.8 Å². The van der Waals surface area contributed by atoms with Crippen LogP contribution in [0.15, 0.2) is 0 Å². The van der Waals surface area contributed by atoms with Crippen molar-refractivity contribution in [2.45, 2.75) is 0 Å². The van der Waals surface area contributed by atoms with Crippen molar-refractivity contribution >= 4 is 35.6 Å². The summed E-state index contributed by atoms with van der Waals surface area (Å²) in [7, 11) is 0. The van der Waals surface area contributed by atoms with E-state index >= 15 is 0 Å². The summed E-state index contributed by atoms with van der Waals surface area (Å²) in [4.78, 5) is 70.8. The number of nitrogens with two attached hydrogens (primary N) is 4. The SMILES string of the molecule is NC(=O)CN(CCN(CC[N+](CCNCC(=O)O)(CC(N)=O)CC(N)=O)CC(=O)O)CC(N)=O. The van der Waals surface area contributed by atoms with E-state index in [0.717, 1.165) is 0 Å². The van der Waals surface area contributed by atoms with Crippen LogP contribution in [0.5, 0.6) is 0 Å². The molecule has 0 aliphatic rings. The van der Waals surface area contributed by atoms with E-state index in [1.54, 1.807) is 0 Å². The van der Waals surface area contributed by atoms with Crippen LogP contribution in [0.1, 0.15) is 0 Å². The summed E-state index contributed by atoms with van der Waals surface area (Å²) in [5, 5.41) is 20.7. The molecule has 0 spiro atoms. The van der Waals surface area contributed by atoms with Gasteiger partial charge in [0.15, 0.2) is 13.1 Å². The van der Waals surface area contributed by atoms with E-state index in [4.69, 9.17) is 28.0 Å². The standard InChI is InChI=1S/C18H34N8O8/c19-13(27)8-25(9-14(20)28)3-2-24(10-18(33)34)4-6-26(11-15(21)29,12-16(22)30)5-1-23-7-17(31)32/h23H,1-12H2,(H9-,19,20,21,22,27,28,29,30,31,32,33,34)/p+1. The molecule has 0 atom stereocenters. The first-order chi connectivity index (χ1) is 15.7. The van der Waals surface area contributed by atoms with Gasteiger partial charge in [0.05, 0.1) is 39.3 Å².